The molecule has 5 nitrogen and oxygen atoms in total. The predicted molar refractivity (Wildman–Crippen MR) is 95.7 cm³/mol. The van der Waals surface area contributed by atoms with E-state index in [4.69, 9.17) is 0 Å². The summed E-state index contributed by atoms with van der Waals surface area (Å²) < 4.78 is 13.6. The highest BCUT2D eigenvalue weighted by Crippen LogP contribution is 2.13. The highest BCUT2D eigenvalue weighted by Gasteiger charge is 2.24. The molecule has 0 spiro atoms. The molecule has 1 aromatic carbocycles. The van der Waals surface area contributed by atoms with E-state index in [0.717, 1.165) is 0 Å². The monoisotopic (exact) mass is 349 g/mol. The lowest BCUT2D eigenvalue weighted by molar-refractivity contribution is -0.132. The Labute approximate surface area is 149 Å². The Morgan fingerprint density at radius 2 is 1.68 bits per heavy atom. The molecule has 3 amide bonds. The number of nitrogens with zero attached hydrogens (tertiary/aromatic N) is 2. The van der Waals surface area contributed by atoms with Gasteiger partial charge in [0.15, 0.2) is 0 Å². The number of rotatable bonds is 4. The second-order valence-electron chi connectivity index (χ2n) is 7.68. The minimum Gasteiger partial charge on any atom is -0.339 e. The number of hydrogen-bond donors (Lipinski definition) is 1. The molecule has 1 N–H and O–H groups in total. The van der Waals surface area contributed by atoms with E-state index in [1.54, 1.807) is 28.0 Å². The van der Waals surface area contributed by atoms with Gasteiger partial charge in [0.2, 0.25) is 5.91 Å². The van der Waals surface area contributed by atoms with E-state index >= 15 is 0 Å². The van der Waals surface area contributed by atoms with Gasteiger partial charge in [-0.2, -0.15) is 0 Å². The van der Waals surface area contributed by atoms with Crippen molar-refractivity contribution < 1.29 is 14.0 Å². The van der Waals surface area contributed by atoms with Crippen LogP contribution in [0.15, 0.2) is 24.3 Å². The van der Waals surface area contributed by atoms with Crippen LogP contribution >= 0.6 is 0 Å². The van der Waals surface area contributed by atoms with Gasteiger partial charge in [0.1, 0.15) is 5.82 Å². The fourth-order valence-electron chi connectivity index (χ4n) is 2.71. The van der Waals surface area contributed by atoms with Gasteiger partial charge in [-0.15, -0.1) is 0 Å². The van der Waals surface area contributed by atoms with Crippen molar-refractivity contribution in [2.75, 3.05) is 32.7 Å². The zero-order valence-electron chi connectivity index (χ0n) is 15.3. The molecular weight excluding hydrogens is 321 g/mol. The number of piperazine rings is 1. The lowest BCUT2D eigenvalue weighted by Gasteiger charge is -2.35. The summed E-state index contributed by atoms with van der Waals surface area (Å²) in [6.45, 7) is 8.94. The minimum atomic E-state index is -0.268. The van der Waals surface area contributed by atoms with Crippen LogP contribution in [0.1, 0.15) is 32.8 Å². The van der Waals surface area contributed by atoms with Gasteiger partial charge < -0.3 is 15.1 Å². The van der Waals surface area contributed by atoms with Crippen molar-refractivity contribution in [3.8, 4) is 0 Å². The van der Waals surface area contributed by atoms with E-state index in [9.17, 15) is 14.0 Å². The third kappa shape index (κ3) is 6.03. The Balaban J connectivity index is 1.75. The number of carbonyl (C=O) groups excluding carboxylic acids is 2. The maximum atomic E-state index is 13.6. The van der Waals surface area contributed by atoms with Gasteiger partial charge >= 0.3 is 6.03 Å². The topological polar surface area (TPSA) is 52.7 Å². The third-order valence-electron chi connectivity index (χ3n) is 4.26. The van der Waals surface area contributed by atoms with Crippen LogP contribution in [0.4, 0.5) is 9.18 Å². The zero-order valence-corrected chi connectivity index (χ0v) is 15.3. The molecule has 0 unspecified atom stereocenters. The van der Waals surface area contributed by atoms with Crippen LogP contribution in [0.3, 0.4) is 0 Å². The molecule has 0 radical (unpaired) electrons. The molecule has 1 aliphatic rings. The van der Waals surface area contributed by atoms with Crippen LogP contribution in [0.5, 0.6) is 0 Å². The molecule has 1 fully saturated rings. The SMILES string of the molecule is CC(C)(C)CNC(=O)N1CCN(C(=O)CCc2ccccc2F)CC1. The van der Waals surface area contributed by atoms with Crippen molar-refractivity contribution >= 4 is 11.9 Å². The van der Waals surface area contributed by atoms with E-state index in [0.29, 0.717) is 44.7 Å². The summed E-state index contributed by atoms with van der Waals surface area (Å²) in [4.78, 5) is 27.9. The van der Waals surface area contributed by atoms with Crippen molar-refractivity contribution in [2.24, 2.45) is 5.41 Å². The molecule has 25 heavy (non-hydrogen) atoms. The summed E-state index contributed by atoms with van der Waals surface area (Å²) in [5, 5.41) is 2.93. The number of halogens is 1. The van der Waals surface area contributed by atoms with E-state index in [1.165, 1.54) is 6.07 Å². The summed E-state index contributed by atoms with van der Waals surface area (Å²) >= 11 is 0. The summed E-state index contributed by atoms with van der Waals surface area (Å²) in [5.41, 5.74) is 0.608. The summed E-state index contributed by atoms with van der Waals surface area (Å²) in [6, 6.07) is 6.46. The van der Waals surface area contributed by atoms with E-state index < -0.39 is 0 Å². The first-order valence-electron chi connectivity index (χ1n) is 8.80. The highest BCUT2D eigenvalue weighted by molar-refractivity contribution is 5.78. The number of carbonyl (C=O) groups is 2. The largest absolute Gasteiger partial charge is 0.339 e. The fourth-order valence-corrected chi connectivity index (χ4v) is 2.71. The number of amides is 3. The molecule has 2 rings (SSSR count). The second-order valence-corrected chi connectivity index (χ2v) is 7.68. The number of urea groups is 1. The Morgan fingerprint density at radius 3 is 2.28 bits per heavy atom. The molecule has 1 aromatic rings. The van der Waals surface area contributed by atoms with Gasteiger partial charge in [0.25, 0.3) is 0 Å². The maximum Gasteiger partial charge on any atom is 0.317 e. The molecular formula is C19H28FN3O2. The van der Waals surface area contributed by atoms with Crippen molar-refractivity contribution in [1.82, 2.24) is 15.1 Å². The summed E-state index contributed by atoms with van der Waals surface area (Å²) in [6.07, 6.45) is 0.689. The quantitative estimate of drug-likeness (QED) is 0.909. The average molecular weight is 349 g/mol. The van der Waals surface area contributed by atoms with Crippen LogP contribution in [0.25, 0.3) is 0 Å². The van der Waals surface area contributed by atoms with Crippen LogP contribution < -0.4 is 5.32 Å². The Hall–Kier alpha value is -2.11. The molecule has 6 heteroatoms. The highest BCUT2D eigenvalue weighted by atomic mass is 19.1. The zero-order chi connectivity index (χ0) is 18.4. The van der Waals surface area contributed by atoms with E-state index in [1.807, 2.05) is 0 Å². The number of nitrogens with one attached hydrogen (secondary N) is 1. The summed E-state index contributed by atoms with van der Waals surface area (Å²) in [5.74, 6) is -0.256. The van der Waals surface area contributed by atoms with Crippen LogP contribution in [-0.4, -0.2) is 54.5 Å². The van der Waals surface area contributed by atoms with Crippen molar-refractivity contribution in [1.29, 1.82) is 0 Å². The van der Waals surface area contributed by atoms with Gasteiger partial charge in [-0.1, -0.05) is 39.0 Å². The first-order valence-corrected chi connectivity index (χ1v) is 8.80. The Bertz CT molecular complexity index is 605. The van der Waals surface area contributed by atoms with Crippen molar-refractivity contribution in [2.45, 2.75) is 33.6 Å². The van der Waals surface area contributed by atoms with E-state index in [-0.39, 0.29) is 29.6 Å². The molecule has 0 bridgehead atoms. The number of aryl methyl sites for hydroxylation is 1. The van der Waals surface area contributed by atoms with Gasteiger partial charge in [-0.3, -0.25) is 4.79 Å². The standard InChI is InChI=1S/C19H28FN3O2/c1-19(2,3)14-21-18(25)23-12-10-22(11-13-23)17(24)9-8-15-6-4-5-7-16(15)20/h4-7H,8-14H2,1-3H3,(H,21,25). The van der Waals surface area contributed by atoms with Crippen LogP contribution in [0.2, 0.25) is 0 Å². The third-order valence-corrected chi connectivity index (χ3v) is 4.26. The lowest BCUT2D eigenvalue weighted by atomic mass is 9.97. The second kappa shape index (κ2) is 8.32. The molecule has 1 aliphatic heterocycles. The van der Waals surface area contributed by atoms with Crippen molar-refractivity contribution in [3.63, 3.8) is 0 Å². The first-order chi connectivity index (χ1) is 11.8. The molecule has 0 aliphatic carbocycles. The van der Waals surface area contributed by atoms with Crippen molar-refractivity contribution in [3.05, 3.63) is 35.6 Å². The van der Waals surface area contributed by atoms with Gasteiger partial charge in [0.05, 0.1) is 0 Å². The molecule has 0 atom stereocenters. The molecule has 1 heterocycles. The average Bonchev–Trinajstić information content (AvgIpc) is 2.58. The summed E-state index contributed by atoms with van der Waals surface area (Å²) in [7, 11) is 0. The smallest absolute Gasteiger partial charge is 0.317 e. The van der Waals surface area contributed by atoms with Gasteiger partial charge in [-0.25, -0.2) is 9.18 Å². The van der Waals surface area contributed by atoms with Gasteiger partial charge in [-0.05, 0) is 23.5 Å². The normalized spacial score (nSPS) is 15.2. The molecule has 0 saturated carbocycles. The molecule has 1 saturated heterocycles. The fraction of sp³-hybridized carbons (Fsp3) is 0.579. The Kier molecular flexibility index (Phi) is 6.39. The number of hydrogen-bond acceptors (Lipinski definition) is 2. The number of benzene rings is 1. The lowest BCUT2D eigenvalue weighted by Crippen LogP contribution is -2.53. The van der Waals surface area contributed by atoms with Gasteiger partial charge in [0, 0.05) is 39.1 Å². The van der Waals surface area contributed by atoms with Crippen LogP contribution in [-0.2, 0) is 11.2 Å². The molecule has 0 aromatic heterocycles. The van der Waals surface area contributed by atoms with Crippen LogP contribution in [0, 0.1) is 11.2 Å². The predicted octanol–water partition coefficient (Wildman–Crippen LogP) is 2.66. The first kappa shape index (κ1) is 19.2. The maximum absolute atomic E-state index is 13.6. The minimum absolute atomic E-state index is 0.0120. The van der Waals surface area contributed by atoms with E-state index in [2.05, 4.69) is 26.1 Å². The molecule has 138 valence electrons. The Morgan fingerprint density at radius 1 is 1.08 bits per heavy atom.